The molecule has 1 aromatic carbocycles. The largest absolute Gasteiger partial charge is 0.341 e. The Morgan fingerprint density at radius 3 is 2.63 bits per heavy atom. The van der Waals surface area contributed by atoms with Gasteiger partial charge in [0.2, 0.25) is 17.8 Å². The van der Waals surface area contributed by atoms with Gasteiger partial charge in [0, 0.05) is 24.7 Å². The molecule has 0 saturated carbocycles. The number of anilines is 1. The summed E-state index contributed by atoms with van der Waals surface area (Å²) in [6.45, 7) is 2.11. The van der Waals surface area contributed by atoms with Crippen molar-refractivity contribution in [1.82, 2.24) is 15.1 Å². The summed E-state index contributed by atoms with van der Waals surface area (Å²) < 4.78 is 0. The first-order valence-electron chi connectivity index (χ1n) is 9.99. The molecule has 2 aliphatic rings. The van der Waals surface area contributed by atoms with E-state index in [1.807, 2.05) is 11.1 Å². The highest BCUT2D eigenvalue weighted by atomic mass is 35.5. The van der Waals surface area contributed by atoms with Crippen molar-refractivity contribution in [2.75, 3.05) is 31.5 Å². The SMILES string of the molecule is N#CNC(=NC1CCCCN(CC(=O)N2CCCC2)C1=O)Nc1ccc(Cl)cc1Cl. The van der Waals surface area contributed by atoms with Crippen LogP contribution in [0.3, 0.4) is 0 Å². The van der Waals surface area contributed by atoms with E-state index in [9.17, 15) is 9.59 Å². The summed E-state index contributed by atoms with van der Waals surface area (Å²) in [5.74, 6) is -0.110. The predicted octanol–water partition coefficient (Wildman–Crippen LogP) is 2.84. The lowest BCUT2D eigenvalue weighted by Gasteiger charge is -2.25. The molecule has 2 saturated heterocycles. The molecule has 2 amide bonds. The Hall–Kier alpha value is -2.50. The first kappa shape index (κ1) is 22.2. The molecule has 1 aromatic rings. The minimum Gasteiger partial charge on any atom is -0.341 e. The number of carbonyl (C=O) groups is 2. The van der Waals surface area contributed by atoms with Gasteiger partial charge in [-0.2, -0.15) is 5.26 Å². The van der Waals surface area contributed by atoms with Crippen molar-refractivity contribution in [1.29, 1.82) is 5.26 Å². The molecule has 10 heteroatoms. The van der Waals surface area contributed by atoms with Crippen LogP contribution in [0.5, 0.6) is 0 Å². The molecule has 0 aromatic heterocycles. The quantitative estimate of drug-likeness (QED) is 0.317. The van der Waals surface area contributed by atoms with E-state index in [4.69, 9.17) is 28.5 Å². The van der Waals surface area contributed by atoms with Gasteiger partial charge in [0.05, 0.1) is 17.3 Å². The Morgan fingerprint density at radius 2 is 1.93 bits per heavy atom. The van der Waals surface area contributed by atoms with Crippen LogP contribution in [0.2, 0.25) is 10.0 Å². The van der Waals surface area contributed by atoms with Gasteiger partial charge in [-0.3, -0.25) is 14.9 Å². The summed E-state index contributed by atoms with van der Waals surface area (Å²) in [7, 11) is 0. The molecule has 0 aliphatic carbocycles. The molecule has 0 radical (unpaired) electrons. The Morgan fingerprint density at radius 1 is 1.20 bits per heavy atom. The van der Waals surface area contributed by atoms with Crippen LogP contribution in [0.15, 0.2) is 23.2 Å². The van der Waals surface area contributed by atoms with Crippen molar-refractivity contribution < 1.29 is 9.59 Å². The molecule has 1 unspecified atom stereocenters. The highest BCUT2D eigenvalue weighted by Gasteiger charge is 2.30. The minimum atomic E-state index is -0.687. The maximum absolute atomic E-state index is 13.1. The molecule has 30 heavy (non-hydrogen) atoms. The number of hydrogen-bond donors (Lipinski definition) is 2. The van der Waals surface area contributed by atoms with Crippen LogP contribution >= 0.6 is 23.2 Å². The number of halogens is 2. The number of hydrogen-bond acceptors (Lipinski definition) is 4. The first-order chi connectivity index (χ1) is 14.5. The fraction of sp³-hybridized carbons (Fsp3) is 0.500. The molecule has 2 aliphatic heterocycles. The molecule has 160 valence electrons. The van der Waals surface area contributed by atoms with Crippen molar-refractivity contribution in [2.24, 2.45) is 4.99 Å². The normalized spacial score (nSPS) is 20.0. The lowest BCUT2D eigenvalue weighted by atomic mass is 10.1. The second-order valence-corrected chi connectivity index (χ2v) is 8.17. The maximum atomic E-state index is 13.1. The van der Waals surface area contributed by atoms with Gasteiger partial charge >= 0.3 is 0 Å². The van der Waals surface area contributed by atoms with E-state index in [-0.39, 0.29) is 24.3 Å². The van der Waals surface area contributed by atoms with Gasteiger partial charge in [0.1, 0.15) is 6.04 Å². The van der Waals surface area contributed by atoms with Gasteiger partial charge in [-0.05, 0) is 50.3 Å². The molecular weight excluding hydrogens is 427 g/mol. The molecule has 2 N–H and O–H groups in total. The molecule has 2 heterocycles. The van der Waals surface area contributed by atoms with Crippen molar-refractivity contribution in [3.63, 3.8) is 0 Å². The third kappa shape index (κ3) is 5.77. The summed E-state index contributed by atoms with van der Waals surface area (Å²) in [6, 6.07) is 4.20. The van der Waals surface area contributed by atoms with Crippen LogP contribution in [0.25, 0.3) is 0 Å². The zero-order chi connectivity index (χ0) is 21.5. The number of nitriles is 1. The predicted molar refractivity (Wildman–Crippen MR) is 116 cm³/mol. The van der Waals surface area contributed by atoms with E-state index in [2.05, 4.69) is 15.6 Å². The standard InChI is InChI=1S/C20H24Cl2N6O2/c21-14-6-7-16(15(22)11-14)25-20(24-13-23)26-17-5-1-2-10-28(19(17)30)12-18(29)27-8-3-4-9-27/h6-7,11,17H,1-5,8-10,12H2,(H2,24,25,26). The van der Waals surface area contributed by atoms with Crippen LogP contribution in [0.1, 0.15) is 32.1 Å². The van der Waals surface area contributed by atoms with Crippen LogP contribution in [0.4, 0.5) is 5.69 Å². The topological polar surface area (TPSA) is 101 Å². The van der Waals surface area contributed by atoms with E-state index in [1.54, 1.807) is 23.1 Å². The number of amides is 2. The molecule has 0 spiro atoms. The fourth-order valence-corrected chi connectivity index (χ4v) is 4.07. The lowest BCUT2D eigenvalue weighted by Crippen LogP contribution is -2.45. The maximum Gasteiger partial charge on any atom is 0.247 e. The molecular formula is C20H24Cl2N6O2. The smallest absolute Gasteiger partial charge is 0.247 e. The number of rotatable bonds is 4. The van der Waals surface area contributed by atoms with E-state index in [0.29, 0.717) is 28.7 Å². The Labute approximate surface area is 185 Å². The van der Waals surface area contributed by atoms with E-state index in [1.165, 1.54) is 0 Å². The summed E-state index contributed by atoms with van der Waals surface area (Å²) in [6.07, 6.45) is 5.99. The van der Waals surface area contributed by atoms with Gasteiger partial charge < -0.3 is 15.1 Å². The first-order valence-corrected chi connectivity index (χ1v) is 10.7. The molecule has 3 rings (SSSR count). The van der Waals surface area contributed by atoms with Crippen molar-refractivity contribution in [3.05, 3.63) is 28.2 Å². The van der Waals surface area contributed by atoms with Crippen LogP contribution in [-0.2, 0) is 9.59 Å². The number of likely N-dealkylation sites (tertiary alicyclic amines) is 2. The van der Waals surface area contributed by atoms with E-state index < -0.39 is 6.04 Å². The summed E-state index contributed by atoms with van der Waals surface area (Å²) >= 11 is 12.1. The molecule has 2 fully saturated rings. The van der Waals surface area contributed by atoms with Crippen LogP contribution in [0, 0.1) is 11.5 Å². The average Bonchev–Trinajstić information content (AvgIpc) is 3.20. The molecule has 0 bridgehead atoms. The molecule has 1 atom stereocenters. The number of guanidine groups is 1. The third-order valence-corrected chi connectivity index (χ3v) is 5.73. The monoisotopic (exact) mass is 450 g/mol. The number of nitrogens with zero attached hydrogens (tertiary/aromatic N) is 4. The number of benzene rings is 1. The van der Waals surface area contributed by atoms with Gasteiger partial charge in [0.25, 0.3) is 0 Å². The highest BCUT2D eigenvalue weighted by Crippen LogP contribution is 2.25. The van der Waals surface area contributed by atoms with Crippen LogP contribution in [-0.4, -0.2) is 59.8 Å². The molecule has 8 nitrogen and oxygen atoms in total. The zero-order valence-corrected chi connectivity index (χ0v) is 18.0. The average molecular weight is 451 g/mol. The van der Waals surface area contributed by atoms with E-state index >= 15 is 0 Å². The number of nitrogens with one attached hydrogen (secondary N) is 2. The third-order valence-electron chi connectivity index (χ3n) is 5.18. The van der Waals surface area contributed by atoms with E-state index in [0.717, 1.165) is 38.8 Å². The zero-order valence-electron chi connectivity index (χ0n) is 16.5. The van der Waals surface area contributed by atoms with Gasteiger partial charge in [-0.1, -0.05) is 23.2 Å². The van der Waals surface area contributed by atoms with Crippen LogP contribution < -0.4 is 10.6 Å². The van der Waals surface area contributed by atoms with Gasteiger partial charge in [-0.15, -0.1) is 0 Å². The van der Waals surface area contributed by atoms with Crippen molar-refractivity contribution >= 4 is 46.7 Å². The minimum absolute atomic E-state index is 0.0214. The summed E-state index contributed by atoms with van der Waals surface area (Å²) in [5.41, 5.74) is 0.504. The number of aliphatic imine (C=N–C) groups is 1. The lowest BCUT2D eigenvalue weighted by molar-refractivity contribution is -0.140. The summed E-state index contributed by atoms with van der Waals surface area (Å²) in [5, 5.41) is 15.3. The number of carbonyl (C=O) groups excluding carboxylic acids is 2. The second kappa shape index (κ2) is 10.5. The second-order valence-electron chi connectivity index (χ2n) is 7.32. The van der Waals surface area contributed by atoms with Crippen molar-refractivity contribution in [2.45, 2.75) is 38.1 Å². The van der Waals surface area contributed by atoms with Gasteiger partial charge in [-0.25, -0.2) is 4.99 Å². The Bertz CT molecular complexity index is 863. The van der Waals surface area contributed by atoms with Crippen molar-refractivity contribution in [3.8, 4) is 6.19 Å². The highest BCUT2D eigenvalue weighted by molar-refractivity contribution is 6.36. The Balaban J connectivity index is 1.74. The Kier molecular flexibility index (Phi) is 7.77. The fourth-order valence-electron chi connectivity index (χ4n) is 3.61. The van der Waals surface area contributed by atoms with Gasteiger partial charge in [0.15, 0.2) is 6.19 Å². The summed E-state index contributed by atoms with van der Waals surface area (Å²) in [4.78, 5) is 33.4.